The molecule has 0 atom stereocenters. The van der Waals surface area contributed by atoms with Crippen molar-refractivity contribution in [2.75, 3.05) is 32.6 Å². The van der Waals surface area contributed by atoms with E-state index in [9.17, 15) is 9.59 Å². The largest absolute Gasteiger partial charge is 0.496 e. The number of methoxy groups -OCH3 is 2. The van der Waals surface area contributed by atoms with Crippen molar-refractivity contribution in [1.82, 2.24) is 9.88 Å². The second-order valence-corrected chi connectivity index (χ2v) is 8.08. The molecule has 0 radical (unpaired) electrons. The first-order chi connectivity index (χ1) is 13.4. The van der Waals surface area contributed by atoms with Crippen molar-refractivity contribution in [3.8, 4) is 11.5 Å². The molecule has 150 valence electrons. The summed E-state index contributed by atoms with van der Waals surface area (Å²) < 4.78 is 10.7. The Hall–Kier alpha value is -2.61. The van der Waals surface area contributed by atoms with Gasteiger partial charge in [0.15, 0.2) is 5.13 Å². The van der Waals surface area contributed by atoms with Crippen LogP contribution in [0.2, 0.25) is 0 Å². The average molecular weight is 404 g/mol. The van der Waals surface area contributed by atoms with Crippen molar-refractivity contribution < 1.29 is 19.1 Å². The maximum atomic E-state index is 13.3. The minimum atomic E-state index is -0.275. The third-order valence-electron chi connectivity index (χ3n) is 4.71. The number of carbonyl (C=O) groups is 2. The summed E-state index contributed by atoms with van der Waals surface area (Å²) in [5.41, 5.74) is 1.23. The number of hydrogen-bond acceptors (Lipinski definition) is 6. The van der Waals surface area contributed by atoms with Gasteiger partial charge >= 0.3 is 0 Å². The SMILES string of the molecule is COc1cccc(OC)c1C(=O)N(CC(=O)Nc1nc(C)c(C)s1)CC1CC1. The Balaban J connectivity index is 1.80. The molecule has 0 bridgehead atoms. The van der Waals surface area contributed by atoms with Gasteiger partial charge in [-0.25, -0.2) is 4.98 Å². The maximum Gasteiger partial charge on any atom is 0.261 e. The topological polar surface area (TPSA) is 80.8 Å². The molecule has 28 heavy (non-hydrogen) atoms. The van der Waals surface area contributed by atoms with Gasteiger partial charge in [0.1, 0.15) is 23.6 Å². The van der Waals surface area contributed by atoms with Gasteiger partial charge in [-0.3, -0.25) is 9.59 Å². The summed E-state index contributed by atoms with van der Waals surface area (Å²) in [5.74, 6) is 0.745. The molecule has 3 rings (SSSR count). The number of amides is 2. The van der Waals surface area contributed by atoms with Crippen molar-refractivity contribution in [3.63, 3.8) is 0 Å². The Morgan fingerprint density at radius 1 is 1.21 bits per heavy atom. The van der Waals surface area contributed by atoms with Crippen LogP contribution >= 0.6 is 11.3 Å². The van der Waals surface area contributed by atoms with E-state index < -0.39 is 0 Å². The molecule has 1 aliphatic carbocycles. The monoisotopic (exact) mass is 403 g/mol. The Bertz CT molecular complexity index is 835. The summed E-state index contributed by atoms with van der Waals surface area (Å²) in [5, 5.41) is 3.35. The Labute approximate surface area is 168 Å². The van der Waals surface area contributed by atoms with Crippen LogP contribution in [0.1, 0.15) is 33.8 Å². The van der Waals surface area contributed by atoms with E-state index in [0.717, 1.165) is 23.4 Å². The Morgan fingerprint density at radius 3 is 2.36 bits per heavy atom. The lowest BCUT2D eigenvalue weighted by atomic mass is 10.1. The highest BCUT2D eigenvalue weighted by atomic mass is 32.1. The van der Waals surface area contributed by atoms with E-state index in [1.165, 1.54) is 25.6 Å². The number of aryl methyl sites for hydroxylation is 2. The molecule has 1 fully saturated rings. The fourth-order valence-electron chi connectivity index (χ4n) is 2.91. The molecule has 7 nitrogen and oxygen atoms in total. The Kier molecular flexibility index (Phi) is 6.18. The maximum absolute atomic E-state index is 13.3. The van der Waals surface area contributed by atoms with Crippen LogP contribution in [0.25, 0.3) is 0 Å². The molecule has 2 amide bonds. The highest BCUT2D eigenvalue weighted by Gasteiger charge is 2.31. The summed E-state index contributed by atoms with van der Waals surface area (Å²) in [7, 11) is 3.02. The highest BCUT2D eigenvalue weighted by Crippen LogP contribution is 2.33. The number of ether oxygens (including phenoxy) is 2. The molecule has 8 heteroatoms. The van der Waals surface area contributed by atoms with Crippen LogP contribution in [-0.4, -0.2) is 49.0 Å². The molecule has 1 aliphatic rings. The van der Waals surface area contributed by atoms with Crippen LogP contribution in [0.3, 0.4) is 0 Å². The van der Waals surface area contributed by atoms with Crippen molar-refractivity contribution in [3.05, 3.63) is 34.3 Å². The summed E-state index contributed by atoms with van der Waals surface area (Å²) in [6, 6.07) is 5.19. The Morgan fingerprint density at radius 2 is 1.86 bits per heavy atom. The summed E-state index contributed by atoms with van der Waals surface area (Å²) in [4.78, 5) is 32.8. The van der Waals surface area contributed by atoms with Gasteiger partial charge in [-0.1, -0.05) is 6.07 Å². The number of hydrogen-bond donors (Lipinski definition) is 1. The molecule has 2 aromatic rings. The molecular weight excluding hydrogens is 378 g/mol. The molecular formula is C20H25N3O4S. The minimum absolute atomic E-state index is 0.0474. The third kappa shape index (κ3) is 4.62. The van der Waals surface area contributed by atoms with E-state index in [4.69, 9.17) is 9.47 Å². The van der Waals surface area contributed by atoms with Gasteiger partial charge in [0.05, 0.1) is 19.9 Å². The zero-order valence-electron chi connectivity index (χ0n) is 16.6. The van der Waals surface area contributed by atoms with E-state index in [0.29, 0.717) is 34.7 Å². The molecule has 0 aliphatic heterocycles. The van der Waals surface area contributed by atoms with Gasteiger partial charge in [0, 0.05) is 11.4 Å². The van der Waals surface area contributed by atoms with Crippen molar-refractivity contribution in [2.24, 2.45) is 5.92 Å². The number of nitrogens with zero attached hydrogens (tertiary/aromatic N) is 2. The third-order valence-corrected chi connectivity index (χ3v) is 5.70. The molecule has 1 heterocycles. The minimum Gasteiger partial charge on any atom is -0.496 e. The second-order valence-electron chi connectivity index (χ2n) is 6.88. The lowest BCUT2D eigenvalue weighted by Gasteiger charge is -2.24. The van der Waals surface area contributed by atoms with E-state index in [2.05, 4.69) is 10.3 Å². The van der Waals surface area contributed by atoms with Gasteiger partial charge < -0.3 is 19.7 Å². The quantitative estimate of drug-likeness (QED) is 0.732. The van der Waals surface area contributed by atoms with E-state index >= 15 is 0 Å². The van der Waals surface area contributed by atoms with Crippen LogP contribution < -0.4 is 14.8 Å². The number of benzene rings is 1. The molecule has 1 saturated carbocycles. The zero-order valence-corrected chi connectivity index (χ0v) is 17.4. The van der Waals surface area contributed by atoms with Crippen molar-refractivity contribution in [1.29, 1.82) is 0 Å². The molecule has 0 saturated heterocycles. The predicted octanol–water partition coefficient (Wildman–Crippen LogP) is 3.27. The number of thiazole rings is 1. The van der Waals surface area contributed by atoms with Crippen LogP contribution in [0.5, 0.6) is 11.5 Å². The number of anilines is 1. The molecule has 1 aromatic carbocycles. The molecule has 0 unspecified atom stereocenters. The van der Waals surface area contributed by atoms with Crippen LogP contribution in [0, 0.1) is 19.8 Å². The lowest BCUT2D eigenvalue weighted by molar-refractivity contribution is -0.116. The molecule has 1 N–H and O–H groups in total. The normalized spacial score (nSPS) is 13.1. The average Bonchev–Trinajstić information content (AvgIpc) is 3.44. The summed E-state index contributed by atoms with van der Waals surface area (Å²) >= 11 is 1.43. The number of rotatable bonds is 8. The van der Waals surface area contributed by atoms with Crippen LogP contribution in [0.15, 0.2) is 18.2 Å². The van der Waals surface area contributed by atoms with Gasteiger partial charge in [0.25, 0.3) is 5.91 Å². The molecule has 1 aromatic heterocycles. The zero-order chi connectivity index (χ0) is 20.3. The smallest absolute Gasteiger partial charge is 0.261 e. The van der Waals surface area contributed by atoms with Crippen LogP contribution in [-0.2, 0) is 4.79 Å². The lowest BCUT2D eigenvalue weighted by Crippen LogP contribution is -2.39. The van der Waals surface area contributed by atoms with Gasteiger partial charge in [-0.2, -0.15) is 0 Å². The number of aromatic nitrogens is 1. The first-order valence-corrected chi connectivity index (χ1v) is 9.98. The highest BCUT2D eigenvalue weighted by molar-refractivity contribution is 7.15. The predicted molar refractivity (Wildman–Crippen MR) is 108 cm³/mol. The summed E-state index contributed by atoms with van der Waals surface area (Å²) in [6.07, 6.45) is 2.14. The van der Waals surface area contributed by atoms with Gasteiger partial charge in [0.2, 0.25) is 5.91 Å². The fraction of sp³-hybridized carbons (Fsp3) is 0.450. The first-order valence-electron chi connectivity index (χ1n) is 9.17. The second kappa shape index (κ2) is 8.60. The van der Waals surface area contributed by atoms with E-state index in [1.54, 1.807) is 23.1 Å². The van der Waals surface area contributed by atoms with Crippen LogP contribution in [0.4, 0.5) is 5.13 Å². The molecule has 0 spiro atoms. The summed E-state index contributed by atoms with van der Waals surface area (Å²) in [6.45, 7) is 4.34. The van der Waals surface area contributed by atoms with E-state index in [-0.39, 0.29) is 18.4 Å². The van der Waals surface area contributed by atoms with Crippen molar-refractivity contribution >= 4 is 28.3 Å². The first kappa shape index (κ1) is 20.1. The number of nitrogens with one attached hydrogen (secondary N) is 1. The standard InChI is InChI=1S/C20H25N3O4S/c1-12-13(2)28-20(21-12)22-17(24)11-23(10-14-8-9-14)19(25)18-15(26-3)6-5-7-16(18)27-4/h5-7,14H,8-11H2,1-4H3,(H,21,22,24). The van der Waals surface area contributed by atoms with Crippen molar-refractivity contribution in [2.45, 2.75) is 26.7 Å². The fourth-order valence-corrected chi connectivity index (χ4v) is 3.74. The number of carbonyl (C=O) groups excluding carboxylic acids is 2. The van der Waals surface area contributed by atoms with E-state index in [1.807, 2.05) is 13.8 Å². The van der Waals surface area contributed by atoms with Gasteiger partial charge in [-0.15, -0.1) is 11.3 Å². The van der Waals surface area contributed by atoms with Gasteiger partial charge in [-0.05, 0) is 44.7 Å².